The fourth-order valence-corrected chi connectivity index (χ4v) is 2.78. The van der Waals surface area contributed by atoms with Gasteiger partial charge >= 0.3 is 0 Å². The van der Waals surface area contributed by atoms with Crippen molar-refractivity contribution in [2.24, 2.45) is 0 Å². The molecular formula is C16H16ClFN2O. The average Bonchev–Trinajstić information content (AvgIpc) is 2.91. The minimum absolute atomic E-state index is 0.00858. The van der Waals surface area contributed by atoms with Crippen LogP contribution in [0.15, 0.2) is 42.5 Å². The second-order valence-electron chi connectivity index (χ2n) is 5.12. The van der Waals surface area contributed by atoms with Gasteiger partial charge in [-0.15, -0.1) is 0 Å². The van der Waals surface area contributed by atoms with Gasteiger partial charge in [-0.2, -0.15) is 0 Å². The van der Waals surface area contributed by atoms with Gasteiger partial charge in [-0.1, -0.05) is 23.7 Å². The molecule has 2 aromatic rings. The maximum absolute atomic E-state index is 13.8. The topological polar surface area (TPSA) is 38.5 Å². The largest absolute Gasteiger partial charge is 0.487 e. The molecule has 0 aromatic heterocycles. The molecule has 5 heteroatoms. The first-order valence-corrected chi connectivity index (χ1v) is 7.22. The maximum atomic E-state index is 13.8. The lowest BCUT2D eigenvalue weighted by Gasteiger charge is -2.20. The Morgan fingerprint density at radius 1 is 1.24 bits per heavy atom. The average molecular weight is 307 g/mol. The van der Waals surface area contributed by atoms with Crippen molar-refractivity contribution in [2.75, 3.05) is 23.7 Å². The third-order valence-corrected chi connectivity index (χ3v) is 3.88. The molecule has 1 atom stereocenters. The Bertz CT molecular complexity index is 650. The Kier molecular flexibility index (Phi) is 3.88. The lowest BCUT2D eigenvalue weighted by Crippen LogP contribution is -2.25. The van der Waals surface area contributed by atoms with Gasteiger partial charge in [0.2, 0.25) is 0 Å². The van der Waals surface area contributed by atoms with Gasteiger partial charge in [-0.25, -0.2) is 4.39 Å². The number of rotatable bonds is 3. The zero-order valence-electron chi connectivity index (χ0n) is 11.4. The van der Waals surface area contributed by atoms with E-state index in [9.17, 15) is 4.39 Å². The van der Waals surface area contributed by atoms with E-state index in [4.69, 9.17) is 22.1 Å². The highest BCUT2D eigenvalue weighted by Gasteiger charge is 2.26. The van der Waals surface area contributed by atoms with Crippen molar-refractivity contribution in [1.29, 1.82) is 0 Å². The minimum atomic E-state index is -0.205. The van der Waals surface area contributed by atoms with Crippen molar-refractivity contribution in [2.45, 2.75) is 12.5 Å². The molecule has 0 bridgehead atoms. The summed E-state index contributed by atoms with van der Waals surface area (Å²) in [6.07, 6.45) is 0.820. The van der Waals surface area contributed by atoms with E-state index in [2.05, 4.69) is 0 Å². The number of para-hydroxylation sites is 1. The third kappa shape index (κ3) is 3.05. The van der Waals surface area contributed by atoms with Crippen molar-refractivity contribution in [3.05, 3.63) is 53.3 Å². The van der Waals surface area contributed by atoms with E-state index in [0.717, 1.165) is 13.0 Å². The standard InChI is InChI=1S/C16H16ClFN2O/c17-13-9-11(19)5-6-16(13)21-12-7-8-20(10-12)15-4-2-1-3-14(15)18/h1-6,9,12H,7-8,10,19H2/t12-/m0/s1. The molecule has 1 saturated heterocycles. The Balaban J connectivity index is 1.69. The van der Waals surface area contributed by atoms with Crippen LogP contribution in [0.4, 0.5) is 15.8 Å². The van der Waals surface area contributed by atoms with Crippen molar-refractivity contribution in [1.82, 2.24) is 0 Å². The van der Waals surface area contributed by atoms with Gasteiger partial charge in [0.05, 0.1) is 17.3 Å². The predicted molar refractivity (Wildman–Crippen MR) is 83.5 cm³/mol. The first-order chi connectivity index (χ1) is 10.1. The second-order valence-corrected chi connectivity index (χ2v) is 5.52. The highest BCUT2D eigenvalue weighted by molar-refractivity contribution is 6.32. The lowest BCUT2D eigenvalue weighted by molar-refractivity contribution is 0.225. The highest BCUT2D eigenvalue weighted by atomic mass is 35.5. The normalized spacial score (nSPS) is 18.0. The number of ether oxygens (including phenoxy) is 1. The van der Waals surface area contributed by atoms with Crippen LogP contribution in [-0.4, -0.2) is 19.2 Å². The molecule has 1 aliphatic rings. The van der Waals surface area contributed by atoms with Gasteiger partial charge in [0.15, 0.2) is 0 Å². The first kappa shape index (κ1) is 14.0. The summed E-state index contributed by atoms with van der Waals surface area (Å²) in [5.74, 6) is 0.412. The summed E-state index contributed by atoms with van der Waals surface area (Å²) in [6.45, 7) is 1.40. The molecule has 1 heterocycles. The number of nitrogen functional groups attached to an aromatic ring is 1. The molecule has 2 aromatic carbocycles. The molecule has 21 heavy (non-hydrogen) atoms. The highest BCUT2D eigenvalue weighted by Crippen LogP contribution is 2.30. The summed E-state index contributed by atoms with van der Waals surface area (Å²) in [5, 5.41) is 0.499. The molecular weight excluding hydrogens is 291 g/mol. The molecule has 0 amide bonds. The third-order valence-electron chi connectivity index (χ3n) is 3.59. The smallest absolute Gasteiger partial charge is 0.146 e. The number of nitrogens with zero attached hydrogens (tertiary/aromatic N) is 1. The molecule has 2 N–H and O–H groups in total. The van der Waals surface area contributed by atoms with Crippen LogP contribution in [0.3, 0.4) is 0 Å². The molecule has 0 spiro atoms. The van der Waals surface area contributed by atoms with Crippen LogP contribution in [-0.2, 0) is 0 Å². The Morgan fingerprint density at radius 3 is 2.81 bits per heavy atom. The van der Waals surface area contributed by atoms with Gasteiger partial charge in [-0.3, -0.25) is 0 Å². The molecule has 0 radical (unpaired) electrons. The number of anilines is 2. The quantitative estimate of drug-likeness (QED) is 0.878. The summed E-state index contributed by atoms with van der Waals surface area (Å²) in [6, 6.07) is 12.0. The number of hydrogen-bond donors (Lipinski definition) is 1. The lowest BCUT2D eigenvalue weighted by atomic mass is 10.3. The maximum Gasteiger partial charge on any atom is 0.146 e. The predicted octanol–water partition coefficient (Wildman–Crippen LogP) is 3.72. The van der Waals surface area contributed by atoms with E-state index in [1.165, 1.54) is 6.07 Å². The number of nitrogens with two attached hydrogens (primary N) is 1. The zero-order valence-corrected chi connectivity index (χ0v) is 12.2. The van der Waals surface area contributed by atoms with Crippen LogP contribution in [0.5, 0.6) is 5.75 Å². The molecule has 1 fully saturated rings. The molecule has 3 nitrogen and oxygen atoms in total. The van der Waals surface area contributed by atoms with E-state index >= 15 is 0 Å². The van der Waals surface area contributed by atoms with Crippen molar-refractivity contribution in [3.8, 4) is 5.75 Å². The van der Waals surface area contributed by atoms with Gasteiger partial charge in [0, 0.05) is 18.7 Å². The molecule has 1 aliphatic heterocycles. The van der Waals surface area contributed by atoms with E-state index in [1.54, 1.807) is 30.3 Å². The fraction of sp³-hybridized carbons (Fsp3) is 0.250. The molecule has 110 valence electrons. The van der Waals surface area contributed by atoms with E-state index < -0.39 is 0 Å². The molecule has 0 unspecified atom stereocenters. The number of hydrogen-bond acceptors (Lipinski definition) is 3. The summed E-state index contributed by atoms with van der Waals surface area (Å²) in [4.78, 5) is 1.99. The van der Waals surface area contributed by atoms with Crippen LogP contribution in [0, 0.1) is 5.82 Å². The van der Waals surface area contributed by atoms with Crippen LogP contribution in [0.1, 0.15) is 6.42 Å². The second kappa shape index (κ2) is 5.82. The zero-order chi connectivity index (χ0) is 14.8. The van der Waals surface area contributed by atoms with Gasteiger partial charge < -0.3 is 15.4 Å². The first-order valence-electron chi connectivity index (χ1n) is 6.84. The van der Waals surface area contributed by atoms with Crippen LogP contribution in [0.2, 0.25) is 5.02 Å². The number of benzene rings is 2. The Labute approximate surface area is 128 Å². The van der Waals surface area contributed by atoms with Crippen LogP contribution >= 0.6 is 11.6 Å². The minimum Gasteiger partial charge on any atom is -0.487 e. The van der Waals surface area contributed by atoms with E-state index in [0.29, 0.717) is 28.7 Å². The summed E-state index contributed by atoms with van der Waals surface area (Å²) >= 11 is 6.11. The van der Waals surface area contributed by atoms with Crippen LogP contribution < -0.4 is 15.4 Å². The fourth-order valence-electron chi connectivity index (χ4n) is 2.54. The molecule has 0 aliphatic carbocycles. The summed E-state index contributed by atoms with van der Waals surface area (Å²) < 4.78 is 19.7. The van der Waals surface area contributed by atoms with Crippen LogP contribution in [0.25, 0.3) is 0 Å². The van der Waals surface area contributed by atoms with Gasteiger partial charge in [0.1, 0.15) is 17.7 Å². The SMILES string of the molecule is Nc1ccc(O[C@H]2CCN(c3ccccc3F)C2)c(Cl)c1. The number of halogens is 2. The summed E-state index contributed by atoms with van der Waals surface area (Å²) in [7, 11) is 0. The van der Waals surface area contributed by atoms with Gasteiger partial charge in [0.25, 0.3) is 0 Å². The summed E-state index contributed by atoms with van der Waals surface area (Å²) in [5.41, 5.74) is 6.88. The van der Waals surface area contributed by atoms with Crippen molar-refractivity contribution in [3.63, 3.8) is 0 Å². The molecule has 3 rings (SSSR count). The molecule has 0 saturated carbocycles. The van der Waals surface area contributed by atoms with E-state index in [1.807, 2.05) is 11.0 Å². The van der Waals surface area contributed by atoms with Crippen molar-refractivity contribution < 1.29 is 9.13 Å². The van der Waals surface area contributed by atoms with Gasteiger partial charge in [-0.05, 0) is 30.3 Å². The van der Waals surface area contributed by atoms with E-state index in [-0.39, 0.29) is 11.9 Å². The van der Waals surface area contributed by atoms with Crippen molar-refractivity contribution >= 4 is 23.0 Å². The Hall–Kier alpha value is -1.94. The monoisotopic (exact) mass is 306 g/mol. The Morgan fingerprint density at radius 2 is 2.05 bits per heavy atom.